The van der Waals surface area contributed by atoms with Crippen LogP contribution >= 0.6 is 27.5 Å². The number of likely N-dealkylation sites (N-methyl/N-ethyl adjacent to an activating group) is 1. The van der Waals surface area contributed by atoms with Gasteiger partial charge < -0.3 is 16.0 Å². The number of nitrogens with two attached hydrogens (primary N) is 1. The number of carbonyl (C=O) groups excluding carboxylic acids is 1. The lowest BCUT2D eigenvalue weighted by atomic mass is 10.1. The van der Waals surface area contributed by atoms with Gasteiger partial charge in [-0.1, -0.05) is 41.4 Å². The molecule has 0 radical (unpaired) electrons. The van der Waals surface area contributed by atoms with Gasteiger partial charge in [0.05, 0.1) is 0 Å². The Bertz CT molecular complexity index is 452. The van der Waals surface area contributed by atoms with E-state index in [2.05, 4.69) is 40.0 Å². The first-order valence-electron chi connectivity index (χ1n) is 6.69. The summed E-state index contributed by atoms with van der Waals surface area (Å²) in [4.78, 5) is 13.9. The molecule has 0 aliphatic rings. The van der Waals surface area contributed by atoms with E-state index in [0.29, 0.717) is 17.1 Å². The van der Waals surface area contributed by atoms with E-state index in [1.54, 1.807) is 6.07 Å². The Morgan fingerprint density at radius 3 is 2.65 bits per heavy atom. The average Bonchev–Trinajstić information content (AvgIpc) is 2.42. The van der Waals surface area contributed by atoms with E-state index in [0.717, 1.165) is 24.1 Å². The van der Waals surface area contributed by atoms with Crippen molar-refractivity contribution in [2.45, 2.75) is 19.9 Å². The normalized spacial score (nSPS) is 12.7. The van der Waals surface area contributed by atoms with Gasteiger partial charge >= 0.3 is 0 Å². The maximum Gasteiger partial charge on any atom is 0.239 e. The minimum Gasteiger partial charge on any atom is -0.368 e. The highest BCUT2D eigenvalue weighted by Crippen LogP contribution is 2.26. The fourth-order valence-electron chi connectivity index (χ4n) is 2.01. The van der Waals surface area contributed by atoms with Gasteiger partial charge in [0.25, 0.3) is 0 Å². The summed E-state index contributed by atoms with van der Waals surface area (Å²) in [6.45, 7) is 7.73. The van der Waals surface area contributed by atoms with Gasteiger partial charge in [0.2, 0.25) is 5.91 Å². The number of nitrogens with one attached hydrogen (secondary N) is 1. The van der Waals surface area contributed by atoms with Crippen LogP contribution in [0.15, 0.2) is 22.7 Å². The van der Waals surface area contributed by atoms with Gasteiger partial charge in [0.1, 0.15) is 6.04 Å². The smallest absolute Gasteiger partial charge is 0.239 e. The van der Waals surface area contributed by atoms with E-state index in [9.17, 15) is 4.79 Å². The van der Waals surface area contributed by atoms with Gasteiger partial charge in [-0.2, -0.15) is 0 Å². The standard InChI is InChI=1S/C14H21BrClN3O/c1-3-19(4-2)8-7-18-13(14(17)20)11-9-10(15)5-6-12(11)16/h5-6,9,13,18H,3-4,7-8H2,1-2H3,(H2,17,20). The van der Waals surface area contributed by atoms with Crippen LogP contribution in [0.2, 0.25) is 5.02 Å². The van der Waals surface area contributed by atoms with E-state index >= 15 is 0 Å². The minimum absolute atomic E-state index is 0.426. The van der Waals surface area contributed by atoms with Gasteiger partial charge in [-0.25, -0.2) is 0 Å². The van der Waals surface area contributed by atoms with Crippen LogP contribution in [-0.2, 0) is 4.79 Å². The first-order chi connectivity index (χ1) is 9.49. The predicted octanol–water partition coefficient (Wildman–Crippen LogP) is 2.56. The topological polar surface area (TPSA) is 58.4 Å². The maximum absolute atomic E-state index is 11.7. The monoisotopic (exact) mass is 361 g/mol. The molecule has 1 aromatic rings. The summed E-state index contributed by atoms with van der Waals surface area (Å²) in [5.41, 5.74) is 6.18. The molecule has 0 aliphatic carbocycles. The Labute approximate surface area is 133 Å². The van der Waals surface area contributed by atoms with Crippen LogP contribution in [0, 0.1) is 0 Å². The predicted molar refractivity (Wildman–Crippen MR) is 86.9 cm³/mol. The third-order valence-corrected chi connectivity index (χ3v) is 4.06. The Hall–Kier alpha value is -0.620. The molecule has 0 aliphatic heterocycles. The zero-order chi connectivity index (χ0) is 15.1. The summed E-state index contributed by atoms with van der Waals surface area (Å²) >= 11 is 9.53. The molecule has 1 unspecified atom stereocenters. The fourth-order valence-corrected chi connectivity index (χ4v) is 2.61. The second-order valence-electron chi connectivity index (χ2n) is 4.48. The molecule has 1 amide bonds. The first kappa shape index (κ1) is 17.4. The highest BCUT2D eigenvalue weighted by molar-refractivity contribution is 9.10. The second-order valence-corrected chi connectivity index (χ2v) is 5.81. The summed E-state index contributed by atoms with van der Waals surface area (Å²) in [6, 6.07) is 4.83. The van der Waals surface area contributed by atoms with Crippen molar-refractivity contribution in [1.82, 2.24) is 10.2 Å². The average molecular weight is 363 g/mol. The Morgan fingerprint density at radius 2 is 2.10 bits per heavy atom. The van der Waals surface area contributed by atoms with Crippen molar-refractivity contribution in [1.29, 1.82) is 0 Å². The number of hydrogen-bond donors (Lipinski definition) is 2. The van der Waals surface area contributed by atoms with Crippen molar-refractivity contribution in [3.05, 3.63) is 33.3 Å². The molecule has 0 saturated heterocycles. The molecule has 4 nitrogen and oxygen atoms in total. The highest BCUT2D eigenvalue weighted by Gasteiger charge is 2.20. The van der Waals surface area contributed by atoms with Crippen molar-refractivity contribution in [3.8, 4) is 0 Å². The van der Waals surface area contributed by atoms with Crippen molar-refractivity contribution in [2.24, 2.45) is 5.73 Å². The molecule has 0 spiro atoms. The summed E-state index contributed by atoms with van der Waals surface area (Å²) < 4.78 is 0.869. The molecular formula is C14H21BrClN3O. The van der Waals surface area contributed by atoms with Crippen molar-refractivity contribution in [2.75, 3.05) is 26.2 Å². The second kappa shape index (κ2) is 8.62. The molecule has 0 heterocycles. The van der Waals surface area contributed by atoms with Gasteiger partial charge in [-0.3, -0.25) is 4.79 Å². The fraction of sp³-hybridized carbons (Fsp3) is 0.500. The van der Waals surface area contributed by atoms with Crippen molar-refractivity contribution < 1.29 is 4.79 Å². The number of rotatable bonds is 8. The van der Waals surface area contributed by atoms with E-state index in [-0.39, 0.29) is 0 Å². The molecule has 1 rings (SSSR count). The highest BCUT2D eigenvalue weighted by atomic mass is 79.9. The number of primary amides is 1. The molecule has 1 aromatic carbocycles. The van der Waals surface area contributed by atoms with Crippen molar-refractivity contribution in [3.63, 3.8) is 0 Å². The Kier molecular flexibility index (Phi) is 7.51. The number of nitrogens with zero attached hydrogens (tertiary/aromatic N) is 1. The number of benzene rings is 1. The Balaban J connectivity index is 2.75. The molecule has 0 bridgehead atoms. The van der Waals surface area contributed by atoms with E-state index in [1.807, 2.05) is 12.1 Å². The largest absolute Gasteiger partial charge is 0.368 e. The number of halogens is 2. The molecule has 3 N–H and O–H groups in total. The summed E-state index contributed by atoms with van der Waals surface area (Å²) in [7, 11) is 0. The van der Waals surface area contributed by atoms with Crippen LogP contribution in [0.25, 0.3) is 0 Å². The number of amides is 1. The maximum atomic E-state index is 11.7. The lowest BCUT2D eigenvalue weighted by Gasteiger charge is -2.21. The molecule has 112 valence electrons. The lowest BCUT2D eigenvalue weighted by Crippen LogP contribution is -2.38. The first-order valence-corrected chi connectivity index (χ1v) is 7.86. The third-order valence-electron chi connectivity index (χ3n) is 3.22. The molecule has 1 atom stereocenters. The minimum atomic E-state index is -0.574. The molecular weight excluding hydrogens is 342 g/mol. The third kappa shape index (κ3) is 5.05. The van der Waals surface area contributed by atoms with Crippen LogP contribution in [-0.4, -0.2) is 37.0 Å². The van der Waals surface area contributed by atoms with Crippen LogP contribution in [0.5, 0.6) is 0 Å². The molecule has 0 saturated carbocycles. The molecule has 20 heavy (non-hydrogen) atoms. The SMILES string of the molecule is CCN(CC)CCNC(C(N)=O)c1cc(Br)ccc1Cl. The summed E-state index contributed by atoms with van der Waals surface area (Å²) in [5.74, 6) is -0.426. The van der Waals surface area contributed by atoms with Gasteiger partial charge in [0, 0.05) is 22.6 Å². The van der Waals surface area contributed by atoms with Crippen LogP contribution < -0.4 is 11.1 Å². The van der Waals surface area contributed by atoms with Crippen LogP contribution in [0.3, 0.4) is 0 Å². The zero-order valence-electron chi connectivity index (χ0n) is 11.8. The molecule has 0 aromatic heterocycles. The molecule has 0 fully saturated rings. The van der Waals surface area contributed by atoms with Gasteiger partial charge in [-0.15, -0.1) is 0 Å². The van der Waals surface area contributed by atoms with E-state index in [1.165, 1.54) is 0 Å². The van der Waals surface area contributed by atoms with Crippen molar-refractivity contribution >= 4 is 33.4 Å². The number of hydrogen-bond acceptors (Lipinski definition) is 3. The van der Waals surface area contributed by atoms with Gasteiger partial charge in [0.15, 0.2) is 0 Å². The van der Waals surface area contributed by atoms with E-state index < -0.39 is 11.9 Å². The van der Waals surface area contributed by atoms with E-state index in [4.69, 9.17) is 17.3 Å². The van der Waals surface area contributed by atoms with Crippen LogP contribution in [0.1, 0.15) is 25.5 Å². The van der Waals surface area contributed by atoms with Gasteiger partial charge in [-0.05, 0) is 36.9 Å². The zero-order valence-corrected chi connectivity index (χ0v) is 14.2. The summed E-state index contributed by atoms with van der Waals surface area (Å²) in [6.07, 6.45) is 0. The van der Waals surface area contributed by atoms with Crippen LogP contribution in [0.4, 0.5) is 0 Å². The lowest BCUT2D eigenvalue weighted by molar-refractivity contribution is -0.120. The summed E-state index contributed by atoms with van der Waals surface area (Å²) in [5, 5.41) is 3.72. The number of carbonyl (C=O) groups is 1. The quantitative estimate of drug-likeness (QED) is 0.747. The molecule has 6 heteroatoms. The Morgan fingerprint density at radius 1 is 1.45 bits per heavy atom.